The van der Waals surface area contributed by atoms with E-state index in [2.05, 4.69) is 31.2 Å². The molecule has 0 bridgehead atoms. The van der Waals surface area contributed by atoms with Crippen molar-refractivity contribution in [2.45, 2.75) is 0 Å². The molecule has 0 amide bonds. The molecule has 126 valence electrons. The lowest BCUT2D eigenvalue weighted by Crippen LogP contribution is -2.46. The van der Waals surface area contributed by atoms with Crippen LogP contribution >= 0.6 is 22.9 Å². The minimum Gasteiger partial charge on any atom is -0.353 e. The molecule has 1 aromatic carbocycles. The average molecular weight is 370 g/mol. The van der Waals surface area contributed by atoms with Crippen molar-refractivity contribution in [3.05, 3.63) is 41.0 Å². The monoisotopic (exact) mass is 369 g/mol. The summed E-state index contributed by atoms with van der Waals surface area (Å²) in [5.74, 6) is 0.979. The van der Waals surface area contributed by atoms with Gasteiger partial charge in [0.2, 0.25) is 0 Å². The predicted octanol–water partition coefficient (Wildman–Crippen LogP) is 3.66. The fourth-order valence-corrected chi connectivity index (χ4v) is 4.20. The van der Waals surface area contributed by atoms with Crippen molar-refractivity contribution in [1.82, 2.24) is 14.9 Å². The number of aromatic nitrogens is 2. The number of nitrogens with zero attached hydrogens (tertiary/aromatic N) is 5. The fraction of sp³-hybridized carbons (Fsp3) is 0.278. The van der Waals surface area contributed by atoms with Crippen LogP contribution in [-0.2, 0) is 0 Å². The van der Waals surface area contributed by atoms with Crippen LogP contribution in [0.3, 0.4) is 0 Å². The van der Waals surface area contributed by atoms with Crippen LogP contribution < -0.4 is 4.90 Å². The third-order valence-electron chi connectivity index (χ3n) is 4.47. The molecule has 1 saturated heterocycles. The van der Waals surface area contributed by atoms with E-state index < -0.39 is 0 Å². The quantitative estimate of drug-likeness (QED) is 0.659. The molecule has 25 heavy (non-hydrogen) atoms. The molecule has 0 atom stereocenters. The number of fused-ring (bicyclic) bond motifs is 1. The van der Waals surface area contributed by atoms with Crippen molar-refractivity contribution in [2.24, 2.45) is 0 Å². The maximum absolute atomic E-state index is 8.86. The predicted molar refractivity (Wildman–Crippen MR) is 102 cm³/mol. The lowest BCUT2D eigenvalue weighted by atomic mass is 10.1. The topological polar surface area (TPSA) is 56.1 Å². The van der Waals surface area contributed by atoms with E-state index in [0.717, 1.165) is 58.4 Å². The maximum atomic E-state index is 8.86. The second-order valence-electron chi connectivity index (χ2n) is 5.96. The van der Waals surface area contributed by atoms with Crippen molar-refractivity contribution in [3.8, 4) is 17.2 Å². The lowest BCUT2D eigenvalue weighted by molar-refractivity contribution is 0.286. The SMILES string of the molecule is N#CCN1CCN(c2ncnc3scc(-c4ccc(Cl)cc4)c23)CC1. The van der Waals surface area contributed by atoms with Crippen LogP contribution in [-0.4, -0.2) is 47.6 Å². The van der Waals surface area contributed by atoms with Gasteiger partial charge < -0.3 is 4.90 Å². The van der Waals surface area contributed by atoms with Crippen molar-refractivity contribution in [3.63, 3.8) is 0 Å². The van der Waals surface area contributed by atoms with Crippen LogP contribution in [0.2, 0.25) is 5.02 Å². The van der Waals surface area contributed by atoms with Gasteiger partial charge in [-0.05, 0) is 17.7 Å². The summed E-state index contributed by atoms with van der Waals surface area (Å²) in [4.78, 5) is 14.5. The summed E-state index contributed by atoms with van der Waals surface area (Å²) < 4.78 is 0. The maximum Gasteiger partial charge on any atom is 0.141 e. The molecule has 0 radical (unpaired) electrons. The Balaban J connectivity index is 1.72. The molecular weight excluding hydrogens is 354 g/mol. The van der Waals surface area contributed by atoms with Crippen LogP contribution in [0.25, 0.3) is 21.3 Å². The Kier molecular flexibility index (Phi) is 4.53. The van der Waals surface area contributed by atoms with E-state index >= 15 is 0 Å². The highest BCUT2D eigenvalue weighted by Crippen LogP contribution is 2.38. The number of hydrogen-bond donors (Lipinski definition) is 0. The molecule has 0 saturated carbocycles. The highest BCUT2D eigenvalue weighted by atomic mass is 35.5. The second kappa shape index (κ2) is 6.96. The van der Waals surface area contributed by atoms with E-state index in [-0.39, 0.29) is 0 Å². The molecule has 0 N–H and O–H groups in total. The number of rotatable bonds is 3. The smallest absolute Gasteiger partial charge is 0.141 e. The summed E-state index contributed by atoms with van der Waals surface area (Å²) in [5, 5.41) is 12.8. The van der Waals surface area contributed by atoms with Gasteiger partial charge in [-0.3, -0.25) is 4.90 Å². The largest absolute Gasteiger partial charge is 0.353 e. The van der Waals surface area contributed by atoms with Gasteiger partial charge >= 0.3 is 0 Å². The molecule has 3 heterocycles. The number of thiophene rings is 1. The lowest BCUT2D eigenvalue weighted by Gasteiger charge is -2.34. The molecular formula is C18H16ClN5S. The van der Waals surface area contributed by atoms with Gasteiger partial charge in [0.05, 0.1) is 18.0 Å². The minimum absolute atomic E-state index is 0.488. The summed E-state index contributed by atoms with van der Waals surface area (Å²) >= 11 is 7.66. The number of benzene rings is 1. The Morgan fingerprint density at radius 2 is 1.88 bits per heavy atom. The Bertz CT molecular complexity index is 923. The molecule has 0 spiro atoms. The zero-order chi connectivity index (χ0) is 17.2. The first-order valence-corrected chi connectivity index (χ1v) is 9.34. The summed E-state index contributed by atoms with van der Waals surface area (Å²) in [7, 11) is 0. The van der Waals surface area contributed by atoms with E-state index in [1.165, 1.54) is 0 Å². The van der Waals surface area contributed by atoms with Gasteiger partial charge in [-0.1, -0.05) is 23.7 Å². The molecule has 2 aromatic heterocycles. The number of halogens is 1. The van der Waals surface area contributed by atoms with E-state index in [9.17, 15) is 0 Å². The normalized spacial score (nSPS) is 15.4. The Labute approximate surface area is 155 Å². The number of anilines is 1. The van der Waals surface area contributed by atoms with Crippen LogP contribution in [0.15, 0.2) is 36.0 Å². The zero-order valence-electron chi connectivity index (χ0n) is 13.5. The molecule has 0 aliphatic carbocycles. The zero-order valence-corrected chi connectivity index (χ0v) is 15.1. The third kappa shape index (κ3) is 3.19. The number of hydrogen-bond acceptors (Lipinski definition) is 6. The van der Waals surface area contributed by atoms with E-state index in [0.29, 0.717) is 6.54 Å². The van der Waals surface area contributed by atoms with Crippen molar-refractivity contribution >= 4 is 39.0 Å². The first-order chi connectivity index (χ1) is 12.3. The number of nitriles is 1. The Morgan fingerprint density at radius 3 is 2.60 bits per heavy atom. The highest BCUT2D eigenvalue weighted by molar-refractivity contribution is 7.17. The van der Waals surface area contributed by atoms with Crippen LogP contribution in [0.5, 0.6) is 0 Å². The Hall–Kier alpha value is -2.20. The van der Waals surface area contributed by atoms with Crippen molar-refractivity contribution in [1.29, 1.82) is 5.26 Å². The standard InChI is InChI=1S/C18H16ClN5S/c19-14-3-1-13(2-4-14)15-11-25-18-16(15)17(21-12-22-18)24-9-7-23(6-5-20)8-10-24/h1-4,11-12H,6-10H2. The van der Waals surface area contributed by atoms with Crippen LogP contribution in [0.1, 0.15) is 0 Å². The van der Waals surface area contributed by atoms with Crippen molar-refractivity contribution < 1.29 is 0 Å². The van der Waals surface area contributed by atoms with E-state index in [1.54, 1.807) is 17.7 Å². The molecule has 7 heteroatoms. The first-order valence-electron chi connectivity index (χ1n) is 8.08. The second-order valence-corrected chi connectivity index (χ2v) is 7.25. The van der Waals surface area contributed by atoms with Crippen LogP contribution in [0.4, 0.5) is 5.82 Å². The van der Waals surface area contributed by atoms with Gasteiger partial charge in [0.25, 0.3) is 0 Å². The molecule has 5 nitrogen and oxygen atoms in total. The molecule has 1 fully saturated rings. The summed E-state index contributed by atoms with van der Waals surface area (Å²) in [5.41, 5.74) is 2.27. The van der Waals surface area contributed by atoms with Gasteiger partial charge in [0.1, 0.15) is 17.0 Å². The van der Waals surface area contributed by atoms with Crippen molar-refractivity contribution in [2.75, 3.05) is 37.6 Å². The highest BCUT2D eigenvalue weighted by Gasteiger charge is 2.22. The average Bonchev–Trinajstić information content (AvgIpc) is 3.08. The van der Waals surface area contributed by atoms with Gasteiger partial charge in [-0.2, -0.15) is 5.26 Å². The minimum atomic E-state index is 0.488. The Morgan fingerprint density at radius 1 is 1.12 bits per heavy atom. The summed E-state index contributed by atoms with van der Waals surface area (Å²) in [6.07, 6.45) is 1.64. The van der Waals surface area contributed by atoms with Gasteiger partial charge in [0, 0.05) is 42.1 Å². The first kappa shape index (κ1) is 16.3. The number of piperazine rings is 1. The molecule has 1 aliphatic rings. The van der Waals surface area contributed by atoms with E-state index in [4.69, 9.17) is 16.9 Å². The molecule has 0 unspecified atom stereocenters. The third-order valence-corrected chi connectivity index (χ3v) is 5.61. The summed E-state index contributed by atoms with van der Waals surface area (Å²) in [6, 6.07) is 10.1. The van der Waals surface area contributed by atoms with Gasteiger partial charge in [-0.25, -0.2) is 9.97 Å². The molecule has 3 aromatic rings. The van der Waals surface area contributed by atoms with Crippen LogP contribution in [0, 0.1) is 11.3 Å². The molecule has 1 aliphatic heterocycles. The fourth-order valence-electron chi connectivity index (χ4n) is 3.16. The van der Waals surface area contributed by atoms with Gasteiger partial charge in [-0.15, -0.1) is 11.3 Å². The van der Waals surface area contributed by atoms with Gasteiger partial charge in [0.15, 0.2) is 0 Å². The van der Waals surface area contributed by atoms with E-state index in [1.807, 2.05) is 24.3 Å². The molecule has 4 rings (SSSR count). The summed E-state index contributed by atoms with van der Waals surface area (Å²) in [6.45, 7) is 3.97.